The summed E-state index contributed by atoms with van der Waals surface area (Å²) in [5.41, 5.74) is 48.0. The number of phenols is 1. The topological polar surface area (TPSA) is 560 Å². The van der Waals surface area contributed by atoms with Crippen molar-refractivity contribution in [2.45, 2.75) is 127 Å². The van der Waals surface area contributed by atoms with Crippen molar-refractivity contribution in [2.24, 2.45) is 57.5 Å². The monoisotopic (exact) mass is 1040 g/mol. The molecule has 1 amide bonds. The summed E-state index contributed by atoms with van der Waals surface area (Å²) in [6, 6.07) is 5.94. The second kappa shape index (κ2) is 39.7. The van der Waals surface area contributed by atoms with Gasteiger partial charge in [-0.1, -0.05) is 44.5 Å². The number of nitrogens with one attached hydrogen (secondary N) is 1. The molecule has 26 N–H and O–H groups in total. The molecule has 1 heterocycles. The lowest BCUT2D eigenvalue weighted by Gasteiger charge is -2.14. The first kappa shape index (κ1) is 70.4. The van der Waals surface area contributed by atoms with E-state index in [1.165, 1.54) is 31.2 Å². The lowest BCUT2D eigenvalue weighted by Crippen LogP contribution is -2.41. The highest BCUT2D eigenvalue weighted by Gasteiger charge is 2.26. The van der Waals surface area contributed by atoms with Gasteiger partial charge in [-0.2, -0.15) is 0 Å². The minimum absolute atomic E-state index is 0.160. The minimum Gasteiger partial charge on any atom is -0.508 e. The number of ether oxygens (including phenoxy) is 2. The van der Waals surface area contributed by atoms with E-state index in [-0.39, 0.29) is 43.4 Å². The Bertz CT molecular complexity index is 1970. The molecule has 0 aliphatic carbocycles. The number of aliphatic carboxylic acids is 6. The van der Waals surface area contributed by atoms with Crippen molar-refractivity contribution in [2.75, 3.05) is 19.7 Å². The van der Waals surface area contributed by atoms with Crippen molar-refractivity contribution in [1.82, 2.24) is 5.32 Å². The Morgan fingerprint density at radius 1 is 0.616 bits per heavy atom. The van der Waals surface area contributed by atoms with Crippen LogP contribution in [0.15, 0.2) is 48.5 Å². The summed E-state index contributed by atoms with van der Waals surface area (Å²) in [5.74, 6) is -7.22. The maximum atomic E-state index is 11.9. The van der Waals surface area contributed by atoms with E-state index in [9.17, 15) is 43.2 Å². The maximum Gasteiger partial charge on any atom is 0.331 e. The third-order valence-corrected chi connectivity index (χ3v) is 9.13. The normalized spacial score (nSPS) is 15.0. The van der Waals surface area contributed by atoms with Gasteiger partial charge in [0.1, 0.15) is 66.4 Å². The Balaban J connectivity index is -0.000000881. The second-order valence-electron chi connectivity index (χ2n) is 16.5. The molecule has 1 fully saturated rings. The van der Waals surface area contributed by atoms with Crippen molar-refractivity contribution in [3.05, 3.63) is 59.7 Å². The zero-order valence-electron chi connectivity index (χ0n) is 41.1. The smallest absolute Gasteiger partial charge is 0.331 e. The molecule has 0 bridgehead atoms. The number of benzene rings is 2. The van der Waals surface area contributed by atoms with E-state index in [2.05, 4.69) is 11.1 Å². The van der Waals surface area contributed by atoms with Gasteiger partial charge in [-0.25, -0.2) is 4.79 Å². The largest absolute Gasteiger partial charge is 0.508 e. The number of carboxylic acids is 6. The number of carbonyl (C=O) groups is 9. The van der Waals surface area contributed by atoms with Gasteiger partial charge in [0.15, 0.2) is 0 Å². The number of hydrogen-bond acceptors (Lipinski definition) is 21. The molecule has 0 aromatic heterocycles. The van der Waals surface area contributed by atoms with Crippen molar-refractivity contribution >= 4 is 53.7 Å². The van der Waals surface area contributed by atoms with Gasteiger partial charge >= 0.3 is 47.8 Å². The van der Waals surface area contributed by atoms with Crippen molar-refractivity contribution in [3.8, 4) is 11.5 Å². The van der Waals surface area contributed by atoms with Crippen LogP contribution in [-0.4, -0.2) is 157 Å². The predicted molar refractivity (Wildman–Crippen MR) is 263 cm³/mol. The van der Waals surface area contributed by atoms with E-state index in [0.29, 0.717) is 37.3 Å². The Labute approximate surface area is 421 Å². The molecular weight excluding hydrogens is 969 g/mol. The zero-order chi connectivity index (χ0) is 57.0. The zero-order valence-corrected chi connectivity index (χ0v) is 41.1. The Morgan fingerprint density at radius 3 is 1.38 bits per heavy atom. The molecule has 28 heteroatoms. The van der Waals surface area contributed by atoms with Crippen LogP contribution in [0.1, 0.15) is 76.8 Å². The highest BCUT2D eigenvalue weighted by Crippen LogP contribution is 2.15. The van der Waals surface area contributed by atoms with E-state index >= 15 is 0 Å². The highest BCUT2D eigenvalue weighted by molar-refractivity contribution is 5.83. The van der Waals surface area contributed by atoms with E-state index in [0.717, 1.165) is 31.4 Å². The fraction of sp³-hybridized carbons (Fsp3) is 0.533. The maximum absolute atomic E-state index is 11.9. The fourth-order valence-corrected chi connectivity index (χ4v) is 4.97. The molecule has 73 heavy (non-hydrogen) atoms. The summed E-state index contributed by atoms with van der Waals surface area (Å²) < 4.78 is 10.2. The predicted octanol–water partition coefficient (Wildman–Crippen LogP) is -2.82. The van der Waals surface area contributed by atoms with Crippen molar-refractivity contribution in [3.63, 3.8) is 0 Å². The van der Waals surface area contributed by atoms with Gasteiger partial charge in [-0.05, 0) is 106 Å². The molecule has 2 aromatic carbocycles. The first-order chi connectivity index (χ1) is 33.9. The molecule has 8 atom stereocenters. The minimum atomic E-state index is -1.21. The standard InChI is InChI=1S/C17H23N3O6.C9H11NO3.C6H14N2O2.C6H13NO2.C4H8N2O3.C3H7NO2/c18-12(15(21)22)8-10-3-5-11(6-4-10)26-16(23)13(19)9-25-17(24)14-2-1-7-20-14;10-8(9(12)13)5-6-1-3-7(11)4-2-6;7-4-2-1-3-5(8)6(9)10;1-4(2)3-5(7)6(8)9;5-2(4(8)9)1-3(6)7;1-2(4)3(5)6/h3-6,12-14,20H,1-2,7-9,18-19H2,(H,21,22);1-4,8,11H,5,10H2,(H,12,13);5H,1-4,7-8H2,(H,9,10);4-5H,3,7H2,1-2H3,(H,8,9);2H,1,5H2,(H2,6,7)(H,8,9);2H,4H2,1H3,(H,5,6)/t12-,13-,14-;8-;2*5-;2*2-/m000000/s1. The van der Waals surface area contributed by atoms with Crippen LogP contribution >= 0.6 is 0 Å². The molecule has 1 aliphatic rings. The average molecular weight is 1050 g/mol. The molecule has 2 aromatic rings. The third-order valence-electron chi connectivity index (χ3n) is 9.13. The number of carbonyl (C=O) groups excluding carboxylic acids is 3. The van der Waals surface area contributed by atoms with Crippen LogP contribution in [0.3, 0.4) is 0 Å². The van der Waals surface area contributed by atoms with Crippen LogP contribution in [0.5, 0.6) is 11.5 Å². The van der Waals surface area contributed by atoms with Gasteiger partial charge in [0.2, 0.25) is 5.91 Å². The van der Waals surface area contributed by atoms with Crippen molar-refractivity contribution < 1.29 is 88.4 Å². The first-order valence-corrected chi connectivity index (χ1v) is 22.5. The Hall–Kier alpha value is -6.89. The van der Waals surface area contributed by atoms with Gasteiger partial charge in [0, 0.05) is 0 Å². The summed E-state index contributed by atoms with van der Waals surface area (Å²) in [6.07, 6.45) is 4.45. The molecule has 0 saturated carbocycles. The van der Waals surface area contributed by atoms with Crippen LogP contribution in [0.4, 0.5) is 0 Å². The first-order valence-electron chi connectivity index (χ1n) is 22.5. The van der Waals surface area contributed by atoms with Crippen LogP contribution < -0.4 is 61.7 Å². The van der Waals surface area contributed by atoms with Crippen molar-refractivity contribution in [1.29, 1.82) is 0 Å². The van der Waals surface area contributed by atoms with Gasteiger partial charge < -0.3 is 102 Å². The molecule has 0 spiro atoms. The number of hydrogen-bond donors (Lipinski definition) is 17. The quantitative estimate of drug-likeness (QED) is 0.0303. The highest BCUT2D eigenvalue weighted by atomic mass is 16.6. The summed E-state index contributed by atoms with van der Waals surface area (Å²) in [6.45, 7) is 6.42. The molecule has 0 radical (unpaired) electrons. The average Bonchev–Trinajstić information content (AvgIpc) is 3.86. The molecule has 0 unspecified atom stereocenters. The summed E-state index contributed by atoms with van der Waals surface area (Å²) in [7, 11) is 0. The lowest BCUT2D eigenvalue weighted by atomic mass is 10.1. The number of amides is 1. The number of rotatable bonds is 23. The number of primary amides is 1. The van der Waals surface area contributed by atoms with E-state index < -0.39 is 96.0 Å². The molecule has 1 saturated heterocycles. The van der Waals surface area contributed by atoms with Gasteiger partial charge in [-0.3, -0.25) is 38.4 Å². The number of nitrogens with two attached hydrogens (primary N) is 9. The molecule has 28 nitrogen and oxygen atoms in total. The van der Waals surface area contributed by atoms with Gasteiger partial charge in [-0.15, -0.1) is 0 Å². The van der Waals surface area contributed by atoms with E-state index in [1.54, 1.807) is 24.3 Å². The molecule has 414 valence electrons. The number of phenolic OH excluding ortho intramolecular Hbond substituents is 1. The third kappa shape index (κ3) is 38.5. The molecule has 1 aliphatic heterocycles. The van der Waals surface area contributed by atoms with Crippen LogP contribution in [0, 0.1) is 5.92 Å². The number of esters is 2. The number of unbranched alkanes of at least 4 members (excludes halogenated alkanes) is 1. The molecule has 3 rings (SSSR count). The van der Waals surface area contributed by atoms with Crippen LogP contribution in [0.25, 0.3) is 0 Å². The second-order valence-corrected chi connectivity index (χ2v) is 16.5. The SMILES string of the molecule is CC(C)C[C@H](N)C(=O)O.C[C@H](N)C(=O)O.NC(=O)C[C@H](N)C(=O)O.NCCCC[C@H](N)C(=O)O.N[C@@H](Cc1ccc(O)cc1)C(=O)O.N[C@@H](Cc1ccc(OC(=O)[C@@H](N)COC(=O)[C@@H]2CCCN2)cc1)C(=O)O. The summed E-state index contributed by atoms with van der Waals surface area (Å²) >= 11 is 0. The number of aromatic hydroxyl groups is 1. The summed E-state index contributed by atoms with van der Waals surface area (Å²) in [4.78, 5) is 94.6. The lowest BCUT2D eigenvalue weighted by molar-refractivity contribution is -0.149. The van der Waals surface area contributed by atoms with Crippen LogP contribution in [-0.2, 0) is 60.7 Å². The summed E-state index contributed by atoms with van der Waals surface area (Å²) in [5, 5.41) is 61.9. The molecular formula is C45H76N10O18. The van der Waals surface area contributed by atoms with E-state index in [1.807, 2.05) is 13.8 Å². The fourth-order valence-electron chi connectivity index (χ4n) is 4.97. The van der Waals surface area contributed by atoms with Gasteiger partial charge in [0.05, 0.1) is 6.42 Å². The van der Waals surface area contributed by atoms with E-state index in [4.69, 9.17) is 91.1 Å². The van der Waals surface area contributed by atoms with Gasteiger partial charge in [0.25, 0.3) is 0 Å². The van der Waals surface area contributed by atoms with Crippen LogP contribution in [0.2, 0.25) is 0 Å². The Morgan fingerprint density at radius 2 is 1.05 bits per heavy atom. The number of carboxylic acid groups (broad SMARTS) is 6. The Kier molecular flexibility index (Phi) is 38.3.